The summed E-state index contributed by atoms with van der Waals surface area (Å²) in [6, 6.07) is 16.2. The normalized spacial score (nSPS) is 11.8. The maximum absolute atomic E-state index is 13.6. The van der Waals surface area contributed by atoms with Gasteiger partial charge in [-0.3, -0.25) is 14.2 Å². The van der Waals surface area contributed by atoms with E-state index in [1.807, 2.05) is 50.2 Å². The zero-order valence-electron chi connectivity index (χ0n) is 20.2. The minimum Gasteiger partial charge on any atom is -0.330 e. The molecule has 1 atom stereocenters. The molecular formula is C27H30FN5O2. The summed E-state index contributed by atoms with van der Waals surface area (Å²) >= 11 is 0. The van der Waals surface area contributed by atoms with Crippen molar-refractivity contribution in [3.63, 3.8) is 0 Å². The third kappa shape index (κ3) is 5.81. The predicted molar refractivity (Wildman–Crippen MR) is 132 cm³/mol. The van der Waals surface area contributed by atoms with Crippen LogP contribution in [0.3, 0.4) is 0 Å². The smallest absolute Gasteiger partial charge is 0.272 e. The summed E-state index contributed by atoms with van der Waals surface area (Å²) in [5, 5.41) is 9.60. The van der Waals surface area contributed by atoms with E-state index < -0.39 is 17.4 Å². The van der Waals surface area contributed by atoms with Gasteiger partial charge in [-0.15, -0.1) is 0 Å². The first-order valence-electron chi connectivity index (χ1n) is 11.6. The summed E-state index contributed by atoms with van der Waals surface area (Å²) in [6.07, 6.45) is 0.536. The molecule has 35 heavy (non-hydrogen) atoms. The molecule has 8 heteroatoms. The molecule has 0 saturated heterocycles. The average Bonchev–Trinajstić information content (AvgIpc) is 2.84. The van der Waals surface area contributed by atoms with Crippen molar-refractivity contribution >= 4 is 5.91 Å². The van der Waals surface area contributed by atoms with Crippen LogP contribution in [0.1, 0.15) is 59.3 Å². The van der Waals surface area contributed by atoms with E-state index in [0.29, 0.717) is 36.6 Å². The van der Waals surface area contributed by atoms with Crippen LogP contribution >= 0.6 is 0 Å². The molecule has 0 fully saturated rings. The van der Waals surface area contributed by atoms with Crippen molar-refractivity contribution < 1.29 is 9.18 Å². The number of nitriles is 1. The van der Waals surface area contributed by atoms with Gasteiger partial charge in [0.1, 0.15) is 23.3 Å². The van der Waals surface area contributed by atoms with Gasteiger partial charge in [0.15, 0.2) is 0 Å². The van der Waals surface area contributed by atoms with Gasteiger partial charge in [0.2, 0.25) is 0 Å². The van der Waals surface area contributed by atoms with E-state index in [2.05, 4.69) is 0 Å². The van der Waals surface area contributed by atoms with Crippen molar-refractivity contribution in [2.75, 3.05) is 13.1 Å². The van der Waals surface area contributed by atoms with Crippen LogP contribution in [-0.4, -0.2) is 33.4 Å². The SMILES string of the molecule is Cc1nc(C(C(C)C)N(CCCN)C(=O)c2ccc(F)cc2)n(Cc2ccccc2)c(=O)c1C#N. The zero-order chi connectivity index (χ0) is 25.5. The van der Waals surface area contributed by atoms with E-state index in [0.717, 1.165) is 5.56 Å². The van der Waals surface area contributed by atoms with Gasteiger partial charge in [-0.1, -0.05) is 44.2 Å². The number of hydrogen-bond donors (Lipinski definition) is 1. The van der Waals surface area contributed by atoms with E-state index in [4.69, 9.17) is 10.7 Å². The van der Waals surface area contributed by atoms with Crippen LogP contribution in [-0.2, 0) is 6.54 Å². The maximum atomic E-state index is 13.6. The summed E-state index contributed by atoms with van der Waals surface area (Å²) in [5.74, 6) is -0.465. The number of halogens is 1. The molecule has 1 aromatic heterocycles. The molecule has 7 nitrogen and oxygen atoms in total. The number of carbonyl (C=O) groups is 1. The van der Waals surface area contributed by atoms with Gasteiger partial charge in [-0.2, -0.15) is 5.26 Å². The first-order chi connectivity index (χ1) is 16.8. The Balaban J connectivity index is 2.21. The Labute approximate surface area is 204 Å². The molecule has 2 N–H and O–H groups in total. The number of nitrogens with zero attached hydrogens (tertiary/aromatic N) is 4. The van der Waals surface area contributed by atoms with Gasteiger partial charge in [-0.25, -0.2) is 9.37 Å². The Morgan fingerprint density at radius 3 is 2.40 bits per heavy atom. The Morgan fingerprint density at radius 1 is 1.17 bits per heavy atom. The molecule has 1 amide bonds. The van der Waals surface area contributed by atoms with Gasteiger partial charge in [-0.05, 0) is 55.6 Å². The van der Waals surface area contributed by atoms with Gasteiger partial charge in [0.05, 0.1) is 18.3 Å². The summed E-state index contributed by atoms with van der Waals surface area (Å²) < 4.78 is 15.0. The zero-order valence-corrected chi connectivity index (χ0v) is 20.2. The molecule has 0 radical (unpaired) electrons. The van der Waals surface area contributed by atoms with Crippen LogP contribution < -0.4 is 11.3 Å². The number of hydrogen-bond acceptors (Lipinski definition) is 5. The number of carbonyl (C=O) groups excluding carboxylic acids is 1. The van der Waals surface area contributed by atoms with Crippen molar-refractivity contribution in [3.8, 4) is 6.07 Å². The van der Waals surface area contributed by atoms with Crippen LogP contribution in [0.5, 0.6) is 0 Å². The molecule has 0 aliphatic carbocycles. The van der Waals surface area contributed by atoms with Crippen molar-refractivity contribution in [3.05, 3.63) is 99.0 Å². The second kappa shape index (κ2) is 11.5. The van der Waals surface area contributed by atoms with Crippen molar-refractivity contribution in [2.24, 2.45) is 11.7 Å². The second-order valence-corrected chi connectivity index (χ2v) is 8.76. The fourth-order valence-corrected chi connectivity index (χ4v) is 4.14. The lowest BCUT2D eigenvalue weighted by atomic mass is 9.98. The van der Waals surface area contributed by atoms with Crippen LogP contribution in [0.25, 0.3) is 0 Å². The minimum atomic E-state index is -0.582. The van der Waals surface area contributed by atoms with E-state index in [1.165, 1.54) is 28.8 Å². The number of nitrogens with two attached hydrogens (primary N) is 1. The molecule has 1 unspecified atom stereocenters. The van der Waals surface area contributed by atoms with E-state index in [1.54, 1.807) is 11.8 Å². The Kier molecular flexibility index (Phi) is 8.50. The predicted octanol–water partition coefficient (Wildman–Crippen LogP) is 3.80. The molecule has 1 heterocycles. The fourth-order valence-electron chi connectivity index (χ4n) is 4.14. The van der Waals surface area contributed by atoms with Crippen molar-refractivity contribution in [2.45, 2.75) is 39.8 Å². The third-order valence-corrected chi connectivity index (χ3v) is 5.86. The van der Waals surface area contributed by atoms with Crippen LogP contribution in [0.4, 0.5) is 4.39 Å². The first kappa shape index (κ1) is 25.8. The molecule has 0 aliphatic rings. The highest BCUT2D eigenvalue weighted by molar-refractivity contribution is 5.94. The fraction of sp³-hybridized carbons (Fsp3) is 0.333. The molecule has 0 saturated carbocycles. The van der Waals surface area contributed by atoms with Gasteiger partial charge >= 0.3 is 0 Å². The highest BCUT2D eigenvalue weighted by atomic mass is 19.1. The van der Waals surface area contributed by atoms with E-state index in [-0.39, 0.29) is 23.9 Å². The molecule has 3 aromatic rings. The highest BCUT2D eigenvalue weighted by Gasteiger charge is 2.33. The highest BCUT2D eigenvalue weighted by Crippen LogP contribution is 2.30. The minimum absolute atomic E-state index is 0.0226. The number of benzene rings is 2. The van der Waals surface area contributed by atoms with E-state index >= 15 is 0 Å². The topological polar surface area (TPSA) is 105 Å². The van der Waals surface area contributed by atoms with Crippen LogP contribution in [0, 0.1) is 30.0 Å². The summed E-state index contributed by atoms with van der Waals surface area (Å²) in [4.78, 5) is 33.4. The average molecular weight is 476 g/mol. The monoisotopic (exact) mass is 475 g/mol. The standard InChI is InChI=1S/C27H30FN5O2/c1-18(2)24(32(15-7-14-29)26(34)21-10-12-22(28)13-11-21)25-31-19(3)23(16-30)27(35)33(25)17-20-8-5-4-6-9-20/h4-6,8-13,18,24H,7,14-15,17,29H2,1-3H3. The molecule has 182 valence electrons. The molecule has 0 bridgehead atoms. The largest absolute Gasteiger partial charge is 0.330 e. The maximum Gasteiger partial charge on any atom is 0.272 e. The quantitative estimate of drug-likeness (QED) is 0.507. The number of amides is 1. The molecule has 2 aromatic carbocycles. The Bertz CT molecular complexity index is 1260. The second-order valence-electron chi connectivity index (χ2n) is 8.76. The molecule has 3 rings (SSSR count). The number of aryl methyl sites for hydroxylation is 1. The lowest BCUT2D eigenvalue weighted by Crippen LogP contribution is -2.43. The summed E-state index contributed by atoms with van der Waals surface area (Å²) in [5.41, 5.74) is 6.82. The molecule has 0 aliphatic heterocycles. The van der Waals surface area contributed by atoms with E-state index in [9.17, 15) is 19.2 Å². The van der Waals surface area contributed by atoms with Crippen LogP contribution in [0.15, 0.2) is 59.4 Å². The summed E-state index contributed by atoms with van der Waals surface area (Å²) in [6.45, 7) is 6.43. The van der Waals surface area contributed by atoms with Crippen molar-refractivity contribution in [1.82, 2.24) is 14.5 Å². The Morgan fingerprint density at radius 2 is 1.83 bits per heavy atom. The van der Waals surface area contributed by atoms with Gasteiger partial charge < -0.3 is 10.6 Å². The Hall–Kier alpha value is -3.83. The van der Waals surface area contributed by atoms with Gasteiger partial charge in [0.25, 0.3) is 11.5 Å². The lowest BCUT2D eigenvalue weighted by Gasteiger charge is -2.35. The third-order valence-electron chi connectivity index (χ3n) is 5.86. The lowest BCUT2D eigenvalue weighted by molar-refractivity contribution is 0.0601. The molecular weight excluding hydrogens is 445 g/mol. The van der Waals surface area contributed by atoms with Crippen molar-refractivity contribution in [1.29, 1.82) is 5.26 Å². The van der Waals surface area contributed by atoms with Gasteiger partial charge in [0, 0.05) is 12.1 Å². The summed E-state index contributed by atoms with van der Waals surface area (Å²) in [7, 11) is 0. The molecule has 0 spiro atoms. The first-order valence-corrected chi connectivity index (χ1v) is 11.6. The van der Waals surface area contributed by atoms with Crippen LogP contribution in [0.2, 0.25) is 0 Å². The number of rotatable bonds is 9. The number of aromatic nitrogens is 2.